The van der Waals surface area contributed by atoms with Gasteiger partial charge >= 0.3 is 6.03 Å². The molecule has 0 aromatic carbocycles. The Kier molecular flexibility index (Phi) is 4.04. The molecule has 4 heteroatoms. The first kappa shape index (κ1) is 11.7. The highest BCUT2D eigenvalue weighted by Crippen LogP contribution is 2.12. The number of nitrogens with one attached hydrogen (secondary N) is 2. The van der Waals surface area contributed by atoms with Crippen molar-refractivity contribution >= 4 is 6.03 Å². The minimum absolute atomic E-state index is 0.123. The van der Waals surface area contributed by atoms with Crippen LogP contribution in [0.15, 0.2) is 0 Å². The lowest BCUT2D eigenvalue weighted by Gasteiger charge is -2.30. The molecule has 92 valence electrons. The molecule has 2 heterocycles. The Labute approximate surface area is 97.8 Å². The Morgan fingerprint density at radius 3 is 2.69 bits per heavy atom. The van der Waals surface area contributed by atoms with E-state index in [2.05, 4.69) is 17.6 Å². The first-order valence-electron chi connectivity index (χ1n) is 6.56. The van der Waals surface area contributed by atoms with Gasteiger partial charge in [0.15, 0.2) is 0 Å². The molecule has 2 saturated heterocycles. The lowest BCUT2D eigenvalue weighted by atomic mass is 9.99. The van der Waals surface area contributed by atoms with E-state index in [0.29, 0.717) is 6.04 Å². The van der Waals surface area contributed by atoms with E-state index in [1.54, 1.807) is 0 Å². The van der Waals surface area contributed by atoms with Crippen molar-refractivity contribution < 1.29 is 4.79 Å². The van der Waals surface area contributed by atoms with Gasteiger partial charge in [0.05, 0.1) is 0 Å². The molecule has 2 rings (SSSR count). The van der Waals surface area contributed by atoms with Gasteiger partial charge in [0.2, 0.25) is 0 Å². The summed E-state index contributed by atoms with van der Waals surface area (Å²) in [5.41, 5.74) is 0. The Morgan fingerprint density at radius 2 is 2.06 bits per heavy atom. The topological polar surface area (TPSA) is 44.4 Å². The zero-order chi connectivity index (χ0) is 11.4. The van der Waals surface area contributed by atoms with Crippen LogP contribution in [0.5, 0.6) is 0 Å². The molecule has 0 aromatic rings. The molecule has 2 atom stereocenters. The van der Waals surface area contributed by atoms with Crippen LogP contribution in [-0.4, -0.2) is 42.6 Å². The zero-order valence-corrected chi connectivity index (χ0v) is 10.2. The van der Waals surface area contributed by atoms with Crippen LogP contribution < -0.4 is 10.6 Å². The highest BCUT2D eigenvalue weighted by atomic mass is 16.2. The van der Waals surface area contributed by atoms with E-state index in [9.17, 15) is 4.79 Å². The number of hydrogen-bond acceptors (Lipinski definition) is 2. The molecule has 0 bridgehead atoms. The summed E-state index contributed by atoms with van der Waals surface area (Å²) in [6, 6.07) is 0.825. The summed E-state index contributed by atoms with van der Waals surface area (Å²) in [6.07, 6.45) is 6.04. The summed E-state index contributed by atoms with van der Waals surface area (Å²) in [5, 5.41) is 6.60. The first-order chi connectivity index (χ1) is 7.77. The quantitative estimate of drug-likeness (QED) is 0.744. The first-order valence-corrected chi connectivity index (χ1v) is 6.56. The average molecular weight is 225 g/mol. The molecule has 0 spiro atoms. The SMILES string of the molecule is CC(NC(=O)N1CCCC1)C1CCCCN1. The monoisotopic (exact) mass is 225 g/mol. The number of amides is 2. The highest BCUT2D eigenvalue weighted by molar-refractivity contribution is 5.74. The van der Waals surface area contributed by atoms with Gasteiger partial charge in [-0.3, -0.25) is 0 Å². The van der Waals surface area contributed by atoms with Crippen molar-refractivity contribution in [3.8, 4) is 0 Å². The third-order valence-corrected chi connectivity index (χ3v) is 3.70. The van der Waals surface area contributed by atoms with Crippen LogP contribution in [0.2, 0.25) is 0 Å². The number of carbonyl (C=O) groups is 1. The third-order valence-electron chi connectivity index (χ3n) is 3.70. The second-order valence-electron chi connectivity index (χ2n) is 4.99. The van der Waals surface area contributed by atoms with Gasteiger partial charge in [0.25, 0.3) is 0 Å². The van der Waals surface area contributed by atoms with Gasteiger partial charge < -0.3 is 15.5 Å². The van der Waals surface area contributed by atoms with E-state index in [4.69, 9.17) is 0 Å². The summed E-state index contributed by atoms with van der Waals surface area (Å²) in [5.74, 6) is 0. The fourth-order valence-corrected chi connectivity index (χ4v) is 2.61. The average Bonchev–Trinajstić information content (AvgIpc) is 2.83. The molecule has 2 aliphatic heterocycles. The van der Waals surface area contributed by atoms with Crippen LogP contribution in [-0.2, 0) is 0 Å². The van der Waals surface area contributed by atoms with Crippen LogP contribution >= 0.6 is 0 Å². The van der Waals surface area contributed by atoms with Crippen molar-refractivity contribution in [3.05, 3.63) is 0 Å². The van der Waals surface area contributed by atoms with Gasteiger partial charge in [-0.05, 0) is 39.2 Å². The second kappa shape index (κ2) is 5.53. The van der Waals surface area contributed by atoms with Crippen molar-refractivity contribution in [1.82, 2.24) is 15.5 Å². The minimum Gasteiger partial charge on any atom is -0.334 e. The standard InChI is InChI=1S/C12H23N3O/c1-10(11-6-2-3-7-13-11)14-12(16)15-8-4-5-9-15/h10-11,13H,2-9H2,1H3,(H,14,16). The third kappa shape index (κ3) is 2.88. The van der Waals surface area contributed by atoms with Gasteiger partial charge in [-0.1, -0.05) is 6.42 Å². The predicted octanol–water partition coefficient (Wildman–Crippen LogP) is 1.32. The van der Waals surface area contributed by atoms with Gasteiger partial charge in [0.1, 0.15) is 0 Å². The highest BCUT2D eigenvalue weighted by Gasteiger charge is 2.24. The number of likely N-dealkylation sites (tertiary alicyclic amines) is 1. The molecule has 0 aromatic heterocycles. The van der Waals surface area contributed by atoms with Gasteiger partial charge in [-0.2, -0.15) is 0 Å². The fourth-order valence-electron chi connectivity index (χ4n) is 2.61. The van der Waals surface area contributed by atoms with Crippen molar-refractivity contribution in [2.45, 2.75) is 51.1 Å². The lowest BCUT2D eigenvalue weighted by Crippen LogP contribution is -2.52. The van der Waals surface area contributed by atoms with E-state index in [0.717, 1.165) is 32.5 Å². The maximum atomic E-state index is 11.9. The smallest absolute Gasteiger partial charge is 0.317 e. The van der Waals surface area contributed by atoms with Crippen molar-refractivity contribution in [1.29, 1.82) is 0 Å². The molecule has 2 N–H and O–H groups in total. The van der Waals surface area contributed by atoms with Crippen molar-refractivity contribution in [3.63, 3.8) is 0 Å². The largest absolute Gasteiger partial charge is 0.334 e. The Balaban J connectivity index is 1.76. The molecule has 4 nitrogen and oxygen atoms in total. The van der Waals surface area contributed by atoms with E-state index in [1.807, 2.05) is 4.90 Å². The van der Waals surface area contributed by atoms with Crippen LogP contribution in [0, 0.1) is 0 Å². The van der Waals surface area contributed by atoms with Crippen molar-refractivity contribution in [2.75, 3.05) is 19.6 Å². The summed E-state index contributed by atoms with van der Waals surface area (Å²) in [7, 11) is 0. The molecule has 0 radical (unpaired) electrons. The van der Waals surface area contributed by atoms with Crippen LogP contribution in [0.25, 0.3) is 0 Å². The number of urea groups is 1. The second-order valence-corrected chi connectivity index (χ2v) is 4.99. The summed E-state index contributed by atoms with van der Waals surface area (Å²) < 4.78 is 0. The number of nitrogens with zero attached hydrogens (tertiary/aromatic N) is 1. The molecule has 2 fully saturated rings. The van der Waals surface area contributed by atoms with Crippen molar-refractivity contribution in [2.24, 2.45) is 0 Å². The van der Waals surface area contributed by atoms with E-state index >= 15 is 0 Å². The molecule has 2 aliphatic rings. The minimum atomic E-state index is 0.123. The molecule has 2 amide bonds. The fraction of sp³-hybridized carbons (Fsp3) is 0.917. The predicted molar refractivity (Wildman–Crippen MR) is 64.4 cm³/mol. The maximum absolute atomic E-state index is 11.9. The lowest BCUT2D eigenvalue weighted by molar-refractivity contribution is 0.200. The van der Waals surface area contributed by atoms with E-state index in [-0.39, 0.29) is 12.1 Å². The number of hydrogen-bond donors (Lipinski definition) is 2. The Bertz CT molecular complexity index is 232. The number of piperidine rings is 1. The maximum Gasteiger partial charge on any atom is 0.317 e. The molecule has 0 aliphatic carbocycles. The normalized spacial score (nSPS) is 27.8. The van der Waals surface area contributed by atoms with E-state index < -0.39 is 0 Å². The Hall–Kier alpha value is -0.770. The van der Waals surface area contributed by atoms with Gasteiger partial charge in [-0.15, -0.1) is 0 Å². The molecule has 16 heavy (non-hydrogen) atoms. The van der Waals surface area contributed by atoms with Gasteiger partial charge in [0, 0.05) is 25.2 Å². The number of carbonyl (C=O) groups excluding carboxylic acids is 1. The molecule has 2 unspecified atom stereocenters. The molecular formula is C12H23N3O. The van der Waals surface area contributed by atoms with E-state index in [1.165, 1.54) is 19.3 Å². The molecule has 0 saturated carbocycles. The summed E-state index contributed by atoms with van der Waals surface area (Å²) >= 11 is 0. The summed E-state index contributed by atoms with van der Waals surface area (Å²) in [4.78, 5) is 13.8. The molecular weight excluding hydrogens is 202 g/mol. The summed E-state index contributed by atoms with van der Waals surface area (Å²) in [6.45, 7) is 5.05. The van der Waals surface area contributed by atoms with Crippen LogP contribution in [0.1, 0.15) is 39.0 Å². The Morgan fingerprint density at radius 1 is 1.31 bits per heavy atom. The van der Waals surface area contributed by atoms with Gasteiger partial charge in [-0.25, -0.2) is 4.79 Å². The van der Waals surface area contributed by atoms with Crippen LogP contribution in [0.3, 0.4) is 0 Å². The number of rotatable bonds is 2. The zero-order valence-electron chi connectivity index (χ0n) is 10.2. The van der Waals surface area contributed by atoms with Crippen LogP contribution in [0.4, 0.5) is 4.79 Å².